The molecule has 0 saturated heterocycles. The topological polar surface area (TPSA) is 72.9 Å². The van der Waals surface area contributed by atoms with Crippen molar-refractivity contribution < 1.29 is 22.8 Å². The summed E-state index contributed by atoms with van der Waals surface area (Å²) in [6.45, 7) is 2.61. The molecule has 1 amide bonds. The van der Waals surface area contributed by atoms with E-state index >= 15 is 0 Å². The van der Waals surface area contributed by atoms with Crippen molar-refractivity contribution in [2.45, 2.75) is 37.7 Å². The molecule has 0 unspecified atom stereocenters. The van der Waals surface area contributed by atoms with E-state index in [1.54, 1.807) is 37.3 Å². The minimum Gasteiger partial charge on any atom is -0.448 e. The minimum absolute atomic E-state index is 0.0846. The number of sulfone groups is 1. The molecule has 0 aliphatic carbocycles. The number of hydrogen-bond donors (Lipinski definition) is 0. The summed E-state index contributed by atoms with van der Waals surface area (Å²) < 4.78 is 29.6. The van der Waals surface area contributed by atoms with Crippen LogP contribution in [0, 0.1) is 0 Å². The number of rotatable bonds is 11. The van der Waals surface area contributed by atoms with Gasteiger partial charge in [-0.3, -0.25) is 4.84 Å². The summed E-state index contributed by atoms with van der Waals surface area (Å²) in [7, 11) is -3.27. The Hall–Kier alpha value is -2.38. The third kappa shape index (κ3) is 7.32. The summed E-state index contributed by atoms with van der Waals surface area (Å²) in [5, 5.41) is 1.21. The Labute approximate surface area is 167 Å². The van der Waals surface area contributed by atoms with Gasteiger partial charge in [0.15, 0.2) is 9.84 Å². The molecule has 0 fully saturated rings. The van der Waals surface area contributed by atoms with Crippen LogP contribution in [-0.4, -0.2) is 38.5 Å². The number of ether oxygens (including phenoxy) is 1. The van der Waals surface area contributed by atoms with Gasteiger partial charge in [-0.05, 0) is 37.5 Å². The lowest BCUT2D eigenvalue weighted by Crippen LogP contribution is -2.32. The Morgan fingerprint density at radius 2 is 1.57 bits per heavy atom. The van der Waals surface area contributed by atoms with Crippen molar-refractivity contribution in [3.8, 4) is 0 Å². The minimum atomic E-state index is -3.27. The third-order valence-electron chi connectivity index (χ3n) is 4.08. The number of carbonyl (C=O) groups is 1. The molecule has 7 heteroatoms. The predicted octanol–water partition coefficient (Wildman–Crippen LogP) is 4.22. The standard InChI is InChI=1S/C21H27NO5S/c1-2-26-21(23)22(27-18-19-12-6-3-7-13-19)16-10-5-11-17-28(24,25)20-14-8-4-9-15-20/h3-4,6-9,12-15H,2,5,10-11,16-18H2,1H3. The lowest BCUT2D eigenvalue weighted by Gasteiger charge is -2.21. The van der Waals surface area contributed by atoms with Crippen LogP contribution in [-0.2, 0) is 26.0 Å². The van der Waals surface area contributed by atoms with E-state index in [0.717, 1.165) is 5.56 Å². The Morgan fingerprint density at radius 1 is 0.929 bits per heavy atom. The zero-order valence-electron chi connectivity index (χ0n) is 16.1. The van der Waals surface area contributed by atoms with Crippen molar-refractivity contribution in [2.75, 3.05) is 18.9 Å². The molecule has 0 aliphatic rings. The van der Waals surface area contributed by atoms with Gasteiger partial charge in [0.05, 0.1) is 23.8 Å². The molecular formula is C21H27NO5S. The Morgan fingerprint density at radius 3 is 2.21 bits per heavy atom. The Kier molecular flexibility index (Phi) is 8.97. The maximum Gasteiger partial charge on any atom is 0.433 e. The van der Waals surface area contributed by atoms with Gasteiger partial charge in [-0.2, -0.15) is 5.06 Å². The van der Waals surface area contributed by atoms with Gasteiger partial charge >= 0.3 is 6.09 Å². The van der Waals surface area contributed by atoms with Gasteiger partial charge in [-0.25, -0.2) is 13.2 Å². The maximum absolute atomic E-state index is 12.3. The summed E-state index contributed by atoms with van der Waals surface area (Å²) >= 11 is 0. The Bertz CT molecular complexity index is 809. The van der Waals surface area contributed by atoms with Gasteiger partial charge in [0.25, 0.3) is 0 Å². The number of amides is 1. The quantitative estimate of drug-likeness (QED) is 0.413. The van der Waals surface area contributed by atoms with Crippen LogP contribution in [0.2, 0.25) is 0 Å². The molecule has 0 spiro atoms. The molecule has 0 radical (unpaired) electrons. The molecule has 6 nitrogen and oxygen atoms in total. The highest BCUT2D eigenvalue weighted by molar-refractivity contribution is 7.91. The molecule has 0 saturated carbocycles. The highest BCUT2D eigenvalue weighted by Gasteiger charge is 2.17. The summed E-state index contributed by atoms with van der Waals surface area (Å²) in [6.07, 6.45) is 1.27. The smallest absolute Gasteiger partial charge is 0.433 e. The van der Waals surface area contributed by atoms with Crippen LogP contribution >= 0.6 is 0 Å². The molecule has 0 aliphatic heterocycles. The average Bonchev–Trinajstić information content (AvgIpc) is 2.71. The number of hydrogen-bond acceptors (Lipinski definition) is 5. The summed E-state index contributed by atoms with van der Waals surface area (Å²) in [5.74, 6) is 0.0846. The average molecular weight is 406 g/mol. The summed E-state index contributed by atoms with van der Waals surface area (Å²) in [4.78, 5) is 18.0. The Balaban J connectivity index is 1.78. The molecule has 0 atom stereocenters. The molecule has 2 aromatic carbocycles. The normalized spacial score (nSPS) is 11.2. The molecule has 0 N–H and O–H groups in total. The maximum atomic E-state index is 12.3. The van der Waals surface area contributed by atoms with Crippen molar-refractivity contribution in [2.24, 2.45) is 0 Å². The fourth-order valence-corrected chi connectivity index (χ4v) is 3.99. The molecule has 0 bridgehead atoms. The van der Waals surface area contributed by atoms with Crippen molar-refractivity contribution in [1.29, 1.82) is 0 Å². The second-order valence-electron chi connectivity index (χ2n) is 6.25. The van der Waals surface area contributed by atoms with Crippen LogP contribution in [0.5, 0.6) is 0 Å². The fraction of sp³-hybridized carbons (Fsp3) is 0.381. The van der Waals surface area contributed by atoms with Crippen LogP contribution in [0.3, 0.4) is 0 Å². The van der Waals surface area contributed by atoms with E-state index in [1.165, 1.54) is 5.06 Å². The van der Waals surface area contributed by atoms with E-state index in [-0.39, 0.29) is 19.0 Å². The predicted molar refractivity (Wildman–Crippen MR) is 107 cm³/mol. The van der Waals surface area contributed by atoms with Crippen molar-refractivity contribution in [3.05, 3.63) is 66.2 Å². The molecule has 0 aromatic heterocycles. The van der Waals surface area contributed by atoms with E-state index in [4.69, 9.17) is 9.57 Å². The van der Waals surface area contributed by atoms with Crippen molar-refractivity contribution >= 4 is 15.9 Å². The monoisotopic (exact) mass is 405 g/mol. The van der Waals surface area contributed by atoms with E-state index in [2.05, 4.69) is 0 Å². The highest BCUT2D eigenvalue weighted by atomic mass is 32.2. The van der Waals surface area contributed by atoms with Crippen LogP contribution in [0.25, 0.3) is 0 Å². The molecular weight excluding hydrogens is 378 g/mol. The first-order valence-corrected chi connectivity index (χ1v) is 11.1. The molecule has 0 heterocycles. The molecule has 2 aromatic rings. The van der Waals surface area contributed by atoms with Crippen LogP contribution in [0.4, 0.5) is 4.79 Å². The first-order valence-electron chi connectivity index (χ1n) is 9.42. The van der Waals surface area contributed by atoms with Crippen LogP contribution in [0.15, 0.2) is 65.6 Å². The largest absolute Gasteiger partial charge is 0.448 e. The highest BCUT2D eigenvalue weighted by Crippen LogP contribution is 2.13. The lowest BCUT2D eigenvalue weighted by atomic mass is 10.2. The number of benzene rings is 2. The summed E-state index contributed by atoms with van der Waals surface area (Å²) in [6, 6.07) is 18.0. The summed E-state index contributed by atoms with van der Waals surface area (Å²) in [5.41, 5.74) is 0.950. The first-order chi connectivity index (χ1) is 13.5. The fourth-order valence-electron chi connectivity index (χ4n) is 2.60. The van der Waals surface area contributed by atoms with E-state index in [0.29, 0.717) is 30.7 Å². The van der Waals surface area contributed by atoms with Gasteiger partial charge < -0.3 is 4.74 Å². The van der Waals surface area contributed by atoms with Gasteiger partial charge in [0.1, 0.15) is 6.61 Å². The first kappa shape index (κ1) is 21.9. The molecule has 152 valence electrons. The zero-order valence-corrected chi connectivity index (χ0v) is 16.9. The zero-order chi connectivity index (χ0) is 20.2. The number of hydroxylamine groups is 2. The second-order valence-corrected chi connectivity index (χ2v) is 8.36. The van der Waals surface area contributed by atoms with E-state index in [1.807, 2.05) is 30.3 Å². The molecule has 28 heavy (non-hydrogen) atoms. The third-order valence-corrected chi connectivity index (χ3v) is 5.89. The van der Waals surface area contributed by atoms with Gasteiger partial charge in [0, 0.05) is 0 Å². The van der Waals surface area contributed by atoms with E-state index < -0.39 is 15.9 Å². The van der Waals surface area contributed by atoms with Crippen LogP contribution < -0.4 is 0 Å². The molecule has 2 rings (SSSR count). The van der Waals surface area contributed by atoms with E-state index in [9.17, 15) is 13.2 Å². The van der Waals surface area contributed by atoms with Crippen molar-refractivity contribution in [3.63, 3.8) is 0 Å². The van der Waals surface area contributed by atoms with Gasteiger partial charge in [-0.15, -0.1) is 0 Å². The number of carbonyl (C=O) groups excluding carboxylic acids is 1. The number of unbranched alkanes of at least 4 members (excludes halogenated alkanes) is 2. The van der Waals surface area contributed by atoms with Gasteiger partial charge in [0.2, 0.25) is 0 Å². The van der Waals surface area contributed by atoms with Crippen LogP contribution in [0.1, 0.15) is 31.7 Å². The number of nitrogens with zero attached hydrogens (tertiary/aromatic N) is 1. The van der Waals surface area contributed by atoms with Crippen molar-refractivity contribution in [1.82, 2.24) is 5.06 Å². The second kappa shape index (κ2) is 11.5. The lowest BCUT2D eigenvalue weighted by molar-refractivity contribution is -0.146. The van der Waals surface area contributed by atoms with Gasteiger partial charge in [-0.1, -0.05) is 55.0 Å². The SMILES string of the molecule is CCOC(=O)N(CCCCCS(=O)(=O)c1ccccc1)OCc1ccccc1.